The number of rotatable bonds is 5. The van der Waals surface area contributed by atoms with E-state index in [9.17, 15) is 4.79 Å². The van der Waals surface area contributed by atoms with Crippen molar-refractivity contribution in [3.8, 4) is 5.75 Å². The van der Waals surface area contributed by atoms with Crippen LogP contribution in [0.15, 0.2) is 90.3 Å². The molecule has 0 saturated heterocycles. The summed E-state index contributed by atoms with van der Waals surface area (Å²) in [6.45, 7) is 4.98. The van der Waals surface area contributed by atoms with Crippen molar-refractivity contribution in [3.05, 3.63) is 101 Å². The fraction of sp³-hybridized carbons (Fsp3) is 0.258. The average molecular weight is 478 g/mol. The molecule has 182 valence electrons. The third kappa shape index (κ3) is 4.15. The molecule has 1 aromatic heterocycles. The largest absolute Gasteiger partial charge is 0.493 e. The van der Waals surface area contributed by atoms with E-state index < -0.39 is 0 Å². The second kappa shape index (κ2) is 9.23. The number of carbonyl (C=O) groups excluding carboxylic acids is 1. The number of fused-ring (bicyclic) bond motifs is 2. The van der Waals surface area contributed by atoms with Crippen LogP contribution in [0.3, 0.4) is 0 Å². The van der Waals surface area contributed by atoms with Crippen molar-refractivity contribution < 1.29 is 9.53 Å². The van der Waals surface area contributed by atoms with Gasteiger partial charge in [-0.2, -0.15) is 0 Å². The smallest absolute Gasteiger partial charge is 0.163 e. The molecular formula is C31H31N3O2. The summed E-state index contributed by atoms with van der Waals surface area (Å²) in [6, 6.07) is 24.5. The molecule has 1 aliphatic heterocycles. The van der Waals surface area contributed by atoms with Gasteiger partial charge in [0.2, 0.25) is 0 Å². The second-order valence-electron chi connectivity index (χ2n) is 10.2. The molecule has 5 heteroatoms. The number of allylic oxidation sites excluding steroid dienone is 1. The van der Waals surface area contributed by atoms with Gasteiger partial charge in [0.1, 0.15) is 5.75 Å². The first-order valence-corrected chi connectivity index (χ1v) is 12.7. The van der Waals surface area contributed by atoms with Gasteiger partial charge in [0.05, 0.1) is 24.0 Å². The summed E-state index contributed by atoms with van der Waals surface area (Å²) in [5, 5.41) is 8.46. The Bertz CT molecular complexity index is 1450. The first-order chi connectivity index (χ1) is 17.6. The van der Waals surface area contributed by atoms with Crippen LogP contribution in [0.5, 0.6) is 5.75 Å². The lowest BCUT2D eigenvalue weighted by Crippen LogP contribution is -2.26. The Kier molecular flexibility index (Phi) is 5.76. The summed E-state index contributed by atoms with van der Waals surface area (Å²) in [6.07, 6.45) is 3.31. The number of benzene rings is 3. The predicted molar refractivity (Wildman–Crippen MR) is 146 cm³/mol. The van der Waals surface area contributed by atoms with E-state index in [0.29, 0.717) is 18.9 Å². The zero-order valence-electron chi connectivity index (χ0n) is 20.7. The van der Waals surface area contributed by atoms with E-state index in [-0.39, 0.29) is 17.7 Å². The molecule has 0 saturated carbocycles. The van der Waals surface area contributed by atoms with Crippen LogP contribution >= 0.6 is 0 Å². The third-order valence-corrected chi connectivity index (χ3v) is 7.18. The lowest BCUT2D eigenvalue weighted by molar-refractivity contribution is -0.116. The first kappa shape index (κ1) is 22.5. The highest BCUT2D eigenvalue weighted by Gasteiger charge is 2.36. The number of hydrogen-bond donors (Lipinski definition) is 3. The molecule has 0 bridgehead atoms. The van der Waals surface area contributed by atoms with Gasteiger partial charge >= 0.3 is 0 Å². The molecule has 1 aliphatic carbocycles. The summed E-state index contributed by atoms with van der Waals surface area (Å²) in [5.74, 6) is 1.66. The molecule has 36 heavy (non-hydrogen) atoms. The minimum atomic E-state index is -0.229. The predicted octanol–water partition coefficient (Wildman–Crippen LogP) is 7.18. The maximum atomic E-state index is 13.8. The van der Waals surface area contributed by atoms with Crippen molar-refractivity contribution in [1.82, 2.24) is 4.98 Å². The van der Waals surface area contributed by atoms with Crippen LogP contribution in [0, 0.1) is 5.92 Å². The molecule has 3 N–H and O–H groups in total. The number of ether oxygens (including phenoxy) is 1. The fourth-order valence-corrected chi connectivity index (χ4v) is 5.39. The van der Waals surface area contributed by atoms with Crippen molar-refractivity contribution in [3.63, 3.8) is 0 Å². The monoisotopic (exact) mass is 477 g/mol. The van der Waals surface area contributed by atoms with Gasteiger partial charge in [-0.25, -0.2) is 0 Å². The van der Waals surface area contributed by atoms with E-state index in [0.717, 1.165) is 51.3 Å². The summed E-state index contributed by atoms with van der Waals surface area (Å²) in [5.41, 5.74) is 7.17. The third-order valence-electron chi connectivity index (χ3n) is 7.18. The standard InChI is InChI=1S/C31H31N3O2/c1-19(2)18-36-22-13-11-20(12-14-22)21-15-28-30(29(35)16-21)31(34-27-10-6-5-9-26(27)33-28)24-17-32-25-8-4-3-7-23(24)25/h3-14,17,19,21,31-34H,15-16,18H2,1-2H3. The molecule has 0 spiro atoms. The van der Waals surface area contributed by atoms with Gasteiger partial charge in [-0.05, 0) is 54.2 Å². The number of H-pyrrole nitrogens is 1. The van der Waals surface area contributed by atoms with E-state index >= 15 is 0 Å². The summed E-state index contributed by atoms with van der Waals surface area (Å²) in [7, 11) is 0. The zero-order chi connectivity index (χ0) is 24.6. The number of aromatic amines is 1. The molecule has 0 fully saturated rings. The van der Waals surface area contributed by atoms with Crippen molar-refractivity contribution in [1.29, 1.82) is 0 Å². The Balaban J connectivity index is 1.37. The van der Waals surface area contributed by atoms with Gasteiger partial charge < -0.3 is 20.4 Å². The van der Waals surface area contributed by atoms with Gasteiger partial charge in [0, 0.05) is 40.4 Å². The molecule has 2 unspecified atom stereocenters. The molecule has 4 aromatic rings. The Hall–Kier alpha value is -3.99. The minimum Gasteiger partial charge on any atom is -0.493 e. The highest BCUT2D eigenvalue weighted by Crippen LogP contribution is 2.45. The summed E-state index contributed by atoms with van der Waals surface area (Å²) in [4.78, 5) is 17.2. The normalized spacial score (nSPS) is 19.4. The highest BCUT2D eigenvalue weighted by molar-refractivity contribution is 6.02. The fourth-order valence-electron chi connectivity index (χ4n) is 5.39. The highest BCUT2D eigenvalue weighted by atomic mass is 16.5. The maximum absolute atomic E-state index is 13.8. The summed E-state index contributed by atoms with van der Waals surface area (Å²) < 4.78 is 5.86. The topological polar surface area (TPSA) is 66.2 Å². The molecule has 2 atom stereocenters. The Morgan fingerprint density at radius 2 is 1.67 bits per heavy atom. The SMILES string of the molecule is CC(C)COc1ccc(C2CC(=O)C3=C(C2)Nc2ccccc2NC3c2c[nH]c3ccccc23)cc1. The number of hydrogen-bond acceptors (Lipinski definition) is 4. The first-order valence-electron chi connectivity index (χ1n) is 12.7. The molecule has 6 rings (SSSR count). The van der Waals surface area contributed by atoms with Crippen LogP contribution in [-0.4, -0.2) is 17.4 Å². The van der Waals surface area contributed by atoms with Gasteiger partial charge in [-0.3, -0.25) is 4.79 Å². The lowest BCUT2D eigenvalue weighted by atomic mass is 9.78. The van der Waals surface area contributed by atoms with Crippen LogP contribution in [0.2, 0.25) is 0 Å². The van der Waals surface area contributed by atoms with E-state index in [2.05, 4.69) is 65.9 Å². The van der Waals surface area contributed by atoms with Crippen LogP contribution in [0.1, 0.15) is 49.8 Å². The molecule has 2 heterocycles. The quantitative estimate of drug-likeness (QED) is 0.285. The van der Waals surface area contributed by atoms with E-state index in [1.54, 1.807) is 0 Å². The number of anilines is 2. The van der Waals surface area contributed by atoms with Gasteiger partial charge in [0.25, 0.3) is 0 Å². The summed E-state index contributed by atoms with van der Waals surface area (Å²) >= 11 is 0. The van der Waals surface area contributed by atoms with Gasteiger partial charge in [-0.15, -0.1) is 0 Å². The van der Waals surface area contributed by atoms with Crippen molar-refractivity contribution in [2.45, 2.75) is 38.6 Å². The molecular weight excluding hydrogens is 446 g/mol. The van der Waals surface area contributed by atoms with Gasteiger partial charge in [0.15, 0.2) is 5.78 Å². The maximum Gasteiger partial charge on any atom is 0.163 e. The lowest BCUT2D eigenvalue weighted by Gasteiger charge is -2.29. The second-order valence-corrected chi connectivity index (χ2v) is 10.2. The molecule has 5 nitrogen and oxygen atoms in total. The van der Waals surface area contributed by atoms with Crippen molar-refractivity contribution in [2.75, 3.05) is 17.2 Å². The van der Waals surface area contributed by atoms with E-state index in [1.165, 1.54) is 5.56 Å². The number of aromatic nitrogens is 1. The van der Waals surface area contributed by atoms with Crippen LogP contribution in [0.4, 0.5) is 11.4 Å². The molecule has 2 aliphatic rings. The number of ketones is 1. The Morgan fingerprint density at radius 3 is 2.47 bits per heavy atom. The number of Topliss-reactive ketones (excluding diaryl/α,β-unsaturated/α-hetero) is 1. The van der Waals surface area contributed by atoms with Crippen molar-refractivity contribution >= 4 is 28.1 Å². The Labute approximate surface area is 211 Å². The number of nitrogens with one attached hydrogen (secondary N) is 3. The van der Waals surface area contributed by atoms with Gasteiger partial charge in [-0.1, -0.05) is 56.3 Å². The minimum absolute atomic E-state index is 0.122. The van der Waals surface area contributed by atoms with E-state index in [1.807, 2.05) is 42.6 Å². The van der Waals surface area contributed by atoms with Crippen LogP contribution in [-0.2, 0) is 4.79 Å². The molecule has 3 aromatic carbocycles. The number of para-hydroxylation sites is 3. The Morgan fingerprint density at radius 1 is 0.917 bits per heavy atom. The number of carbonyl (C=O) groups is 1. The van der Waals surface area contributed by atoms with Crippen LogP contribution < -0.4 is 15.4 Å². The van der Waals surface area contributed by atoms with E-state index in [4.69, 9.17) is 4.74 Å². The average Bonchev–Trinajstić information content (AvgIpc) is 3.24. The van der Waals surface area contributed by atoms with Crippen molar-refractivity contribution in [2.24, 2.45) is 5.92 Å². The molecule has 0 amide bonds. The molecule has 0 radical (unpaired) electrons. The zero-order valence-corrected chi connectivity index (χ0v) is 20.7. The van der Waals surface area contributed by atoms with Crippen LogP contribution in [0.25, 0.3) is 10.9 Å².